The molecule has 2 rings (SSSR count). The zero-order chi connectivity index (χ0) is 13.7. The van der Waals surface area contributed by atoms with Crippen molar-refractivity contribution in [3.05, 3.63) is 30.1 Å². The molecule has 0 bridgehead atoms. The number of ether oxygens (including phenoxy) is 1. The number of pyridine rings is 1. The predicted molar refractivity (Wildman–Crippen MR) is 72.5 cm³/mol. The highest BCUT2D eigenvalue weighted by Crippen LogP contribution is 2.17. The van der Waals surface area contributed by atoms with Gasteiger partial charge >= 0.3 is 0 Å². The molecule has 1 aliphatic rings. The van der Waals surface area contributed by atoms with E-state index in [-0.39, 0.29) is 17.9 Å². The van der Waals surface area contributed by atoms with Crippen LogP contribution in [0.1, 0.15) is 12.6 Å². The monoisotopic (exact) mass is 263 g/mol. The van der Waals surface area contributed by atoms with E-state index in [4.69, 9.17) is 4.74 Å². The van der Waals surface area contributed by atoms with Crippen LogP contribution in [-0.2, 0) is 16.1 Å². The maximum atomic E-state index is 12.4. The Balaban J connectivity index is 1.95. The molecule has 1 N–H and O–H groups in total. The number of carbonyl (C=O) groups excluding carboxylic acids is 1. The molecule has 104 valence electrons. The van der Waals surface area contributed by atoms with Gasteiger partial charge in [0.25, 0.3) is 0 Å². The molecule has 0 saturated carbocycles. The second kappa shape index (κ2) is 6.63. The van der Waals surface area contributed by atoms with Crippen molar-refractivity contribution in [2.24, 2.45) is 5.92 Å². The lowest BCUT2D eigenvalue weighted by Crippen LogP contribution is -2.44. The fraction of sp³-hybridized carbons (Fsp3) is 0.571. The molecule has 2 unspecified atom stereocenters. The number of likely N-dealkylation sites (N-methyl/N-ethyl adjacent to an activating group) is 1. The van der Waals surface area contributed by atoms with Crippen molar-refractivity contribution in [1.82, 2.24) is 15.2 Å². The Labute approximate surface area is 114 Å². The maximum absolute atomic E-state index is 12.4. The van der Waals surface area contributed by atoms with Crippen LogP contribution >= 0.6 is 0 Å². The normalized spacial score (nSPS) is 22.4. The lowest BCUT2D eigenvalue weighted by molar-refractivity contribution is -0.135. The van der Waals surface area contributed by atoms with E-state index in [9.17, 15) is 4.79 Å². The molecule has 1 aromatic rings. The average Bonchev–Trinajstić information content (AvgIpc) is 2.87. The molecule has 5 nitrogen and oxygen atoms in total. The van der Waals surface area contributed by atoms with Crippen LogP contribution in [-0.4, -0.2) is 48.6 Å². The van der Waals surface area contributed by atoms with Gasteiger partial charge in [-0.25, -0.2) is 0 Å². The van der Waals surface area contributed by atoms with E-state index in [1.807, 2.05) is 32.2 Å². The number of rotatable bonds is 5. The van der Waals surface area contributed by atoms with Crippen LogP contribution in [0.3, 0.4) is 0 Å². The molecular weight excluding hydrogens is 242 g/mol. The molecule has 19 heavy (non-hydrogen) atoms. The van der Waals surface area contributed by atoms with E-state index < -0.39 is 0 Å². The van der Waals surface area contributed by atoms with Crippen LogP contribution in [0, 0.1) is 5.92 Å². The van der Waals surface area contributed by atoms with Crippen LogP contribution in [0.15, 0.2) is 24.4 Å². The molecule has 1 aliphatic heterocycles. The quantitative estimate of drug-likeness (QED) is 0.848. The SMILES string of the molecule is CCNC1COCC1C(=O)N(C)Cc1ccccn1. The molecule has 5 heteroatoms. The minimum atomic E-state index is -0.0892. The van der Waals surface area contributed by atoms with Gasteiger partial charge in [0.1, 0.15) is 0 Å². The average molecular weight is 263 g/mol. The highest BCUT2D eigenvalue weighted by Gasteiger charge is 2.35. The van der Waals surface area contributed by atoms with Crippen LogP contribution in [0.25, 0.3) is 0 Å². The predicted octanol–water partition coefficient (Wildman–Crippen LogP) is 0.664. The van der Waals surface area contributed by atoms with Crippen molar-refractivity contribution in [3.8, 4) is 0 Å². The van der Waals surface area contributed by atoms with E-state index in [0.29, 0.717) is 19.8 Å². The van der Waals surface area contributed by atoms with Gasteiger partial charge in [0.15, 0.2) is 0 Å². The summed E-state index contributed by atoms with van der Waals surface area (Å²) >= 11 is 0. The summed E-state index contributed by atoms with van der Waals surface area (Å²) in [4.78, 5) is 18.4. The Bertz CT molecular complexity index is 410. The van der Waals surface area contributed by atoms with Gasteiger partial charge in [-0.05, 0) is 18.7 Å². The largest absolute Gasteiger partial charge is 0.379 e. The first-order valence-electron chi connectivity index (χ1n) is 6.68. The van der Waals surface area contributed by atoms with Crippen LogP contribution in [0.2, 0.25) is 0 Å². The topological polar surface area (TPSA) is 54.5 Å². The van der Waals surface area contributed by atoms with Gasteiger partial charge in [0.2, 0.25) is 5.91 Å². The first-order chi connectivity index (χ1) is 9.22. The van der Waals surface area contributed by atoms with E-state index in [2.05, 4.69) is 10.3 Å². The number of nitrogens with one attached hydrogen (secondary N) is 1. The zero-order valence-electron chi connectivity index (χ0n) is 11.5. The molecule has 0 aromatic carbocycles. The summed E-state index contributed by atoms with van der Waals surface area (Å²) < 4.78 is 5.42. The first-order valence-corrected chi connectivity index (χ1v) is 6.68. The summed E-state index contributed by atoms with van der Waals surface area (Å²) in [7, 11) is 1.82. The van der Waals surface area contributed by atoms with Crippen LogP contribution < -0.4 is 5.32 Å². The molecule has 1 aromatic heterocycles. The third kappa shape index (κ3) is 3.52. The summed E-state index contributed by atoms with van der Waals surface area (Å²) in [5.41, 5.74) is 0.900. The van der Waals surface area contributed by atoms with E-state index in [0.717, 1.165) is 12.2 Å². The molecule has 1 saturated heterocycles. The van der Waals surface area contributed by atoms with Crippen molar-refractivity contribution in [3.63, 3.8) is 0 Å². The molecule has 1 fully saturated rings. The van der Waals surface area contributed by atoms with Crippen molar-refractivity contribution in [2.75, 3.05) is 26.8 Å². The molecule has 2 atom stereocenters. The van der Waals surface area contributed by atoms with Gasteiger partial charge in [0.05, 0.1) is 31.4 Å². The molecule has 0 spiro atoms. The Morgan fingerprint density at radius 2 is 2.37 bits per heavy atom. The van der Waals surface area contributed by atoms with Crippen molar-refractivity contribution in [1.29, 1.82) is 0 Å². The van der Waals surface area contributed by atoms with Gasteiger partial charge in [-0.1, -0.05) is 13.0 Å². The Hall–Kier alpha value is -1.46. The van der Waals surface area contributed by atoms with Gasteiger partial charge < -0.3 is 15.0 Å². The van der Waals surface area contributed by atoms with E-state index >= 15 is 0 Å². The van der Waals surface area contributed by atoms with Crippen LogP contribution in [0.5, 0.6) is 0 Å². The summed E-state index contributed by atoms with van der Waals surface area (Å²) in [6.07, 6.45) is 1.74. The van der Waals surface area contributed by atoms with Gasteiger partial charge in [-0.3, -0.25) is 9.78 Å². The minimum absolute atomic E-state index is 0.0892. The number of hydrogen-bond acceptors (Lipinski definition) is 4. The fourth-order valence-corrected chi connectivity index (χ4v) is 2.36. The smallest absolute Gasteiger partial charge is 0.229 e. The molecule has 0 radical (unpaired) electrons. The third-order valence-electron chi connectivity index (χ3n) is 3.37. The van der Waals surface area contributed by atoms with E-state index in [1.54, 1.807) is 11.1 Å². The third-order valence-corrected chi connectivity index (χ3v) is 3.37. The molecular formula is C14H21N3O2. The summed E-state index contributed by atoms with van der Waals surface area (Å²) in [6.45, 7) is 4.54. The molecule has 0 aliphatic carbocycles. The number of amides is 1. The minimum Gasteiger partial charge on any atom is -0.379 e. The highest BCUT2D eigenvalue weighted by atomic mass is 16.5. The van der Waals surface area contributed by atoms with Crippen molar-refractivity contribution in [2.45, 2.75) is 19.5 Å². The van der Waals surface area contributed by atoms with E-state index in [1.165, 1.54) is 0 Å². The van der Waals surface area contributed by atoms with Crippen molar-refractivity contribution < 1.29 is 9.53 Å². The number of aromatic nitrogens is 1. The number of nitrogens with zero attached hydrogens (tertiary/aromatic N) is 2. The standard InChI is InChI=1S/C14H21N3O2/c1-3-15-13-10-19-9-12(13)14(18)17(2)8-11-6-4-5-7-16-11/h4-7,12-13,15H,3,8-10H2,1-2H3. The van der Waals surface area contributed by atoms with Gasteiger partial charge in [-0.15, -0.1) is 0 Å². The fourth-order valence-electron chi connectivity index (χ4n) is 2.36. The summed E-state index contributed by atoms with van der Waals surface area (Å²) in [5, 5.41) is 3.31. The lowest BCUT2D eigenvalue weighted by Gasteiger charge is -2.24. The highest BCUT2D eigenvalue weighted by molar-refractivity contribution is 5.79. The van der Waals surface area contributed by atoms with Gasteiger partial charge in [-0.2, -0.15) is 0 Å². The number of carbonyl (C=O) groups is 1. The second-order valence-electron chi connectivity index (χ2n) is 4.82. The Morgan fingerprint density at radius 3 is 3.05 bits per heavy atom. The number of hydrogen-bond donors (Lipinski definition) is 1. The summed E-state index contributed by atoms with van der Waals surface area (Å²) in [6, 6.07) is 5.86. The zero-order valence-corrected chi connectivity index (χ0v) is 11.5. The molecule has 2 heterocycles. The first kappa shape index (κ1) is 14.0. The van der Waals surface area contributed by atoms with Gasteiger partial charge in [0, 0.05) is 19.3 Å². The second-order valence-corrected chi connectivity index (χ2v) is 4.82. The Kier molecular flexibility index (Phi) is 4.87. The Morgan fingerprint density at radius 1 is 1.53 bits per heavy atom. The van der Waals surface area contributed by atoms with Crippen LogP contribution in [0.4, 0.5) is 0 Å². The maximum Gasteiger partial charge on any atom is 0.229 e. The summed E-state index contributed by atoms with van der Waals surface area (Å²) in [5.74, 6) is 0.0303. The van der Waals surface area contributed by atoms with Crippen molar-refractivity contribution >= 4 is 5.91 Å². The molecule has 1 amide bonds. The lowest BCUT2D eigenvalue weighted by atomic mass is 10.0.